The van der Waals surface area contributed by atoms with Crippen LogP contribution in [0.3, 0.4) is 0 Å². The third-order valence-corrected chi connectivity index (χ3v) is 5.83. The molecule has 1 amide bonds. The van der Waals surface area contributed by atoms with Crippen LogP contribution in [-0.2, 0) is 11.3 Å². The Bertz CT molecular complexity index is 1210. The topological polar surface area (TPSA) is 124 Å². The van der Waals surface area contributed by atoms with Gasteiger partial charge in [-0.25, -0.2) is 0 Å². The van der Waals surface area contributed by atoms with E-state index in [1.165, 1.54) is 12.1 Å². The first-order valence-corrected chi connectivity index (χ1v) is 11.2. The Morgan fingerprint density at radius 2 is 1.91 bits per heavy atom. The van der Waals surface area contributed by atoms with Crippen molar-refractivity contribution in [2.45, 2.75) is 39.7 Å². The molecular formula is C25H27N5O4. The van der Waals surface area contributed by atoms with Crippen molar-refractivity contribution in [1.29, 1.82) is 0 Å². The number of nitrogens with two attached hydrogens (primary N) is 1. The largest absolute Gasteiger partial charge is 0.457 e. The number of rotatable bonds is 7. The fourth-order valence-electron chi connectivity index (χ4n) is 3.96. The molecule has 2 N–H and O–H groups in total. The van der Waals surface area contributed by atoms with Crippen LogP contribution in [-0.4, -0.2) is 32.5 Å². The molecule has 9 nitrogen and oxygen atoms in total. The molecule has 0 saturated carbocycles. The van der Waals surface area contributed by atoms with Gasteiger partial charge in [0, 0.05) is 30.6 Å². The van der Waals surface area contributed by atoms with Crippen LogP contribution in [0.2, 0.25) is 0 Å². The Hall–Kier alpha value is -4.01. The Morgan fingerprint density at radius 3 is 2.47 bits per heavy atom. The average molecular weight is 462 g/mol. The molecule has 0 spiro atoms. The van der Waals surface area contributed by atoms with Gasteiger partial charge in [0.25, 0.3) is 5.69 Å². The number of nitro groups is 1. The van der Waals surface area contributed by atoms with Crippen LogP contribution in [0, 0.1) is 16.0 Å². The molecule has 1 unspecified atom stereocenters. The highest BCUT2D eigenvalue weighted by Gasteiger charge is 2.28. The van der Waals surface area contributed by atoms with Crippen LogP contribution in [0.1, 0.15) is 44.4 Å². The second kappa shape index (κ2) is 9.46. The van der Waals surface area contributed by atoms with Gasteiger partial charge in [0.05, 0.1) is 22.4 Å². The van der Waals surface area contributed by atoms with Crippen molar-refractivity contribution in [2.75, 3.05) is 12.3 Å². The number of amides is 1. The number of carbonyl (C=O) groups excluding carboxylic acids is 1. The van der Waals surface area contributed by atoms with Gasteiger partial charge in [0.1, 0.15) is 17.2 Å². The second-order valence-electron chi connectivity index (χ2n) is 8.98. The van der Waals surface area contributed by atoms with Crippen molar-refractivity contribution < 1.29 is 14.5 Å². The van der Waals surface area contributed by atoms with Gasteiger partial charge in [-0.3, -0.25) is 14.9 Å². The monoisotopic (exact) mass is 461 g/mol. The summed E-state index contributed by atoms with van der Waals surface area (Å²) in [6.07, 6.45) is 0.487. The number of ether oxygens (including phenoxy) is 1. The lowest BCUT2D eigenvalue weighted by atomic mass is 10.1. The number of nitrogen functional groups attached to an aromatic ring is 1. The van der Waals surface area contributed by atoms with Crippen molar-refractivity contribution in [3.05, 3.63) is 69.9 Å². The van der Waals surface area contributed by atoms with E-state index >= 15 is 0 Å². The van der Waals surface area contributed by atoms with Crippen LogP contribution in [0.25, 0.3) is 11.3 Å². The summed E-state index contributed by atoms with van der Waals surface area (Å²) in [5.74, 6) is 1.40. The summed E-state index contributed by atoms with van der Waals surface area (Å²) < 4.78 is 6.04. The van der Waals surface area contributed by atoms with E-state index in [-0.39, 0.29) is 29.7 Å². The minimum atomic E-state index is -0.544. The van der Waals surface area contributed by atoms with Gasteiger partial charge in [-0.1, -0.05) is 20.8 Å². The summed E-state index contributed by atoms with van der Waals surface area (Å²) in [4.78, 5) is 24.9. The number of hydrogen-bond donors (Lipinski definition) is 1. The zero-order chi connectivity index (χ0) is 24.4. The minimum Gasteiger partial charge on any atom is -0.457 e. The average Bonchev–Trinajstić information content (AvgIpc) is 3.12. The third-order valence-electron chi connectivity index (χ3n) is 5.83. The first-order valence-electron chi connectivity index (χ1n) is 11.2. The summed E-state index contributed by atoms with van der Waals surface area (Å²) in [7, 11) is 0. The molecule has 1 aromatic heterocycles. The van der Waals surface area contributed by atoms with Crippen LogP contribution in [0.5, 0.6) is 11.5 Å². The smallest absolute Gasteiger partial charge is 0.295 e. The number of benzene rings is 2. The lowest BCUT2D eigenvalue weighted by Crippen LogP contribution is -2.24. The van der Waals surface area contributed by atoms with E-state index in [0.717, 1.165) is 17.0 Å². The molecule has 1 aliphatic heterocycles. The number of nitro benzene ring substituents is 1. The molecule has 1 saturated heterocycles. The highest BCUT2D eigenvalue weighted by atomic mass is 16.6. The zero-order valence-electron chi connectivity index (χ0n) is 19.4. The van der Waals surface area contributed by atoms with Crippen molar-refractivity contribution in [3.8, 4) is 22.8 Å². The molecule has 3 aromatic rings. The second-order valence-corrected chi connectivity index (χ2v) is 8.98. The zero-order valence-corrected chi connectivity index (χ0v) is 19.4. The van der Waals surface area contributed by atoms with Gasteiger partial charge in [0.2, 0.25) is 5.91 Å². The third kappa shape index (κ3) is 4.98. The van der Waals surface area contributed by atoms with E-state index in [0.29, 0.717) is 35.9 Å². The molecular weight excluding hydrogens is 434 g/mol. The van der Waals surface area contributed by atoms with Crippen LogP contribution in [0.15, 0.2) is 48.5 Å². The SMILES string of the molecule is CC1CC(=O)N(Cc2cc(N)c([N+](=O)[O-])cc2Oc2ccc(-c3ccc(C(C)C)nn3)cc2)C1. The van der Waals surface area contributed by atoms with E-state index in [1.807, 2.05) is 31.2 Å². The number of hydrogen-bond acceptors (Lipinski definition) is 7. The fourth-order valence-corrected chi connectivity index (χ4v) is 3.96. The van der Waals surface area contributed by atoms with Crippen LogP contribution >= 0.6 is 0 Å². The number of likely N-dealkylation sites (tertiary alicyclic amines) is 1. The summed E-state index contributed by atoms with van der Waals surface area (Å²) in [6, 6.07) is 14.0. The Morgan fingerprint density at radius 1 is 1.18 bits per heavy atom. The molecule has 34 heavy (non-hydrogen) atoms. The number of aromatic nitrogens is 2. The maximum absolute atomic E-state index is 12.3. The predicted molar refractivity (Wildman–Crippen MR) is 128 cm³/mol. The lowest BCUT2D eigenvalue weighted by Gasteiger charge is -2.19. The van der Waals surface area contributed by atoms with Gasteiger partial charge >= 0.3 is 0 Å². The molecule has 4 rings (SSSR count). The first-order chi connectivity index (χ1) is 16.2. The Labute approximate surface area is 197 Å². The molecule has 1 fully saturated rings. The van der Waals surface area contributed by atoms with Gasteiger partial charge in [-0.05, 0) is 54.3 Å². The number of anilines is 1. The van der Waals surface area contributed by atoms with Crippen molar-refractivity contribution in [2.24, 2.45) is 5.92 Å². The minimum absolute atomic E-state index is 0.0332. The molecule has 0 radical (unpaired) electrons. The molecule has 0 aliphatic carbocycles. The van der Waals surface area contributed by atoms with Gasteiger partial charge in [-0.15, -0.1) is 0 Å². The molecule has 2 heterocycles. The summed E-state index contributed by atoms with van der Waals surface area (Å²) in [5.41, 5.74) is 8.86. The molecule has 9 heteroatoms. The first kappa shape index (κ1) is 23.2. The van der Waals surface area contributed by atoms with Gasteiger partial charge < -0.3 is 15.4 Å². The van der Waals surface area contributed by atoms with Crippen LogP contribution < -0.4 is 10.5 Å². The lowest BCUT2D eigenvalue weighted by molar-refractivity contribution is -0.384. The molecule has 1 aliphatic rings. The van der Waals surface area contributed by atoms with Gasteiger partial charge in [-0.2, -0.15) is 10.2 Å². The molecule has 0 bridgehead atoms. The van der Waals surface area contributed by atoms with E-state index in [2.05, 4.69) is 24.0 Å². The van der Waals surface area contributed by atoms with E-state index in [9.17, 15) is 14.9 Å². The number of carbonyl (C=O) groups is 1. The fraction of sp³-hybridized carbons (Fsp3) is 0.320. The van der Waals surface area contributed by atoms with Gasteiger partial charge in [0.15, 0.2) is 0 Å². The van der Waals surface area contributed by atoms with Crippen molar-refractivity contribution in [3.63, 3.8) is 0 Å². The number of nitrogens with zero attached hydrogens (tertiary/aromatic N) is 4. The summed E-state index contributed by atoms with van der Waals surface area (Å²) in [5, 5.41) is 20.0. The molecule has 2 aromatic carbocycles. The quantitative estimate of drug-likeness (QED) is 0.301. The van der Waals surface area contributed by atoms with Crippen molar-refractivity contribution >= 4 is 17.3 Å². The predicted octanol–water partition coefficient (Wildman–Crippen LogP) is 4.92. The summed E-state index contributed by atoms with van der Waals surface area (Å²) >= 11 is 0. The molecule has 1 atom stereocenters. The maximum Gasteiger partial charge on any atom is 0.295 e. The highest BCUT2D eigenvalue weighted by Crippen LogP contribution is 2.36. The van der Waals surface area contributed by atoms with E-state index in [1.54, 1.807) is 17.0 Å². The van der Waals surface area contributed by atoms with Crippen molar-refractivity contribution in [1.82, 2.24) is 15.1 Å². The maximum atomic E-state index is 12.3. The Balaban J connectivity index is 1.59. The van der Waals surface area contributed by atoms with E-state index < -0.39 is 4.92 Å². The highest BCUT2D eigenvalue weighted by molar-refractivity contribution is 5.78. The van der Waals surface area contributed by atoms with Crippen LogP contribution in [0.4, 0.5) is 11.4 Å². The summed E-state index contributed by atoms with van der Waals surface area (Å²) in [6.45, 7) is 7.04. The normalized spacial score (nSPS) is 15.7. The standard InChI is InChI=1S/C25H27N5O4/c1-15(2)21-8-9-22(28-27-21)17-4-6-19(7-5-17)34-24-12-23(30(32)33)20(26)11-18(24)14-29-13-16(3)10-25(29)31/h4-9,11-12,15-16H,10,13-14,26H2,1-3H3. The Kier molecular flexibility index (Phi) is 6.45. The molecule has 176 valence electrons. The van der Waals surface area contributed by atoms with E-state index in [4.69, 9.17) is 10.5 Å².